The first-order valence-corrected chi connectivity index (χ1v) is 6.12. The van der Waals surface area contributed by atoms with Crippen LogP contribution in [0, 0.1) is 12.7 Å². The second-order valence-corrected chi connectivity index (χ2v) is 4.32. The number of benzene rings is 1. The third-order valence-corrected chi connectivity index (χ3v) is 2.90. The lowest BCUT2D eigenvalue weighted by Crippen LogP contribution is -2.11. The third kappa shape index (κ3) is 2.93. The maximum absolute atomic E-state index is 13.2. The maximum atomic E-state index is 13.2. The average molecular weight is 244 g/mol. The summed E-state index contributed by atoms with van der Waals surface area (Å²) < 4.78 is 13.2. The van der Waals surface area contributed by atoms with Gasteiger partial charge in [0.2, 0.25) is 0 Å². The molecule has 1 aromatic carbocycles. The molecule has 0 atom stereocenters. The van der Waals surface area contributed by atoms with E-state index in [-0.39, 0.29) is 5.82 Å². The van der Waals surface area contributed by atoms with E-state index in [4.69, 9.17) is 0 Å². The maximum Gasteiger partial charge on any atom is 0.142 e. The van der Waals surface area contributed by atoms with E-state index in [2.05, 4.69) is 35.4 Å². The molecule has 1 aromatic heterocycles. The van der Waals surface area contributed by atoms with Crippen molar-refractivity contribution in [1.82, 2.24) is 10.3 Å². The van der Waals surface area contributed by atoms with Gasteiger partial charge in [0, 0.05) is 18.3 Å². The number of halogens is 1. The summed E-state index contributed by atoms with van der Waals surface area (Å²) in [6, 6.07) is 7.77. The van der Waals surface area contributed by atoms with Crippen molar-refractivity contribution in [2.24, 2.45) is 0 Å². The standard InChI is InChI=1S/C15H17FN2/c1-3-17-8-12-5-4-11(2)15(6-12)13-7-14(16)10-18-9-13/h4-7,9-10,17H,3,8H2,1-2H3. The first kappa shape index (κ1) is 12.7. The van der Waals surface area contributed by atoms with E-state index in [0.717, 1.165) is 29.8 Å². The Bertz CT molecular complexity index is 538. The van der Waals surface area contributed by atoms with Gasteiger partial charge in [-0.3, -0.25) is 4.98 Å². The Morgan fingerprint density at radius 2 is 2.06 bits per heavy atom. The molecule has 2 aromatic rings. The zero-order valence-electron chi connectivity index (χ0n) is 10.7. The highest BCUT2D eigenvalue weighted by Gasteiger charge is 2.05. The molecule has 0 aliphatic carbocycles. The summed E-state index contributed by atoms with van der Waals surface area (Å²) in [7, 11) is 0. The summed E-state index contributed by atoms with van der Waals surface area (Å²) >= 11 is 0. The Balaban J connectivity index is 2.37. The van der Waals surface area contributed by atoms with Gasteiger partial charge in [-0.25, -0.2) is 4.39 Å². The topological polar surface area (TPSA) is 24.9 Å². The van der Waals surface area contributed by atoms with Gasteiger partial charge in [0.15, 0.2) is 0 Å². The van der Waals surface area contributed by atoms with Gasteiger partial charge in [-0.1, -0.05) is 19.1 Å². The van der Waals surface area contributed by atoms with Crippen molar-refractivity contribution in [3.05, 3.63) is 53.6 Å². The largest absolute Gasteiger partial charge is 0.313 e. The lowest BCUT2D eigenvalue weighted by Gasteiger charge is -2.09. The van der Waals surface area contributed by atoms with Crippen molar-refractivity contribution in [3.8, 4) is 11.1 Å². The van der Waals surface area contributed by atoms with Crippen molar-refractivity contribution in [2.45, 2.75) is 20.4 Å². The Hall–Kier alpha value is -1.74. The molecular weight excluding hydrogens is 227 g/mol. The molecule has 0 saturated carbocycles. The number of nitrogens with one attached hydrogen (secondary N) is 1. The minimum absolute atomic E-state index is 0.302. The molecule has 18 heavy (non-hydrogen) atoms. The molecule has 2 nitrogen and oxygen atoms in total. The molecule has 2 rings (SSSR count). The highest BCUT2D eigenvalue weighted by atomic mass is 19.1. The van der Waals surface area contributed by atoms with Crippen LogP contribution in [0.15, 0.2) is 36.7 Å². The van der Waals surface area contributed by atoms with E-state index < -0.39 is 0 Å². The molecule has 0 saturated heterocycles. The van der Waals surface area contributed by atoms with Gasteiger partial charge in [-0.05, 0) is 42.3 Å². The van der Waals surface area contributed by atoms with Gasteiger partial charge in [-0.2, -0.15) is 0 Å². The van der Waals surface area contributed by atoms with Crippen LogP contribution in [0.4, 0.5) is 4.39 Å². The Kier molecular flexibility index (Phi) is 4.05. The van der Waals surface area contributed by atoms with Gasteiger partial charge in [0.1, 0.15) is 5.82 Å². The molecule has 1 N–H and O–H groups in total. The van der Waals surface area contributed by atoms with Crippen molar-refractivity contribution >= 4 is 0 Å². The quantitative estimate of drug-likeness (QED) is 0.892. The zero-order chi connectivity index (χ0) is 13.0. The zero-order valence-corrected chi connectivity index (χ0v) is 10.7. The van der Waals surface area contributed by atoms with Gasteiger partial charge < -0.3 is 5.32 Å². The number of nitrogens with zero attached hydrogens (tertiary/aromatic N) is 1. The van der Waals surface area contributed by atoms with E-state index in [9.17, 15) is 4.39 Å². The fraction of sp³-hybridized carbons (Fsp3) is 0.267. The van der Waals surface area contributed by atoms with Crippen LogP contribution in [0.3, 0.4) is 0 Å². The molecule has 0 fully saturated rings. The monoisotopic (exact) mass is 244 g/mol. The number of rotatable bonds is 4. The van der Waals surface area contributed by atoms with Crippen LogP contribution in [0.5, 0.6) is 0 Å². The van der Waals surface area contributed by atoms with E-state index in [1.807, 2.05) is 6.92 Å². The van der Waals surface area contributed by atoms with Crippen molar-refractivity contribution in [1.29, 1.82) is 0 Å². The van der Waals surface area contributed by atoms with E-state index in [1.54, 1.807) is 6.20 Å². The molecule has 0 spiro atoms. The van der Waals surface area contributed by atoms with Crippen molar-refractivity contribution < 1.29 is 4.39 Å². The fourth-order valence-electron chi connectivity index (χ4n) is 1.92. The first-order valence-electron chi connectivity index (χ1n) is 6.12. The van der Waals surface area contributed by atoms with Crippen LogP contribution < -0.4 is 5.32 Å². The SMILES string of the molecule is CCNCc1ccc(C)c(-c2cncc(F)c2)c1. The molecule has 0 aliphatic rings. The van der Waals surface area contributed by atoms with E-state index in [0.29, 0.717) is 0 Å². The molecular formula is C15H17FN2. The lowest BCUT2D eigenvalue weighted by atomic mass is 9.99. The average Bonchev–Trinajstić information content (AvgIpc) is 2.38. The summed E-state index contributed by atoms with van der Waals surface area (Å²) in [4.78, 5) is 3.90. The summed E-state index contributed by atoms with van der Waals surface area (Å²) in [5, 5.41) is 3.28. The summed E-state index contributed by atoms with van der Waals surface area (Å²) in [6.07, 6.45) is 2.92. The normalized spacial score (nSPS) is 10.6. The summed E-state index contributed by atoms with van der Waals surface area (Å²) in [5.41, 5.74) is 4.19. The number of pyridine rings is 1. The smallest absolute Gasteiger partial charge is 0.142 e. The number of hydrogen-bond acceptors (Lipinski definition) is 2. The second-order valence-electron chi connectivity index (χ2n) is 4.32. The highest BCUT2D eigenvalue weighted by molar-refractivity contribution is 5.67. The van der Waals surface area contributed by atoms with Crippen LogP contribution in [-0.4, -0.2) is 11.5 Å². The number of hydrogen-bond donors (Lipinski definition) is 1. The number of aryl methyl sites for hydroxylation is 1. The van der Waals surface area contributed by atoms with Crippen molar-refractivity contribution in [3.63, 3.8) is 0 Å². The minimum Gasteiger partial charge on any atom is -0.313 e. The van der Waals surface area contributed by atoms with Gasteiger partial charge in [-0.15, -0.1) is 0 Å². The van der Waals surface area contributed by atoms with Crippen LogP contribution >= 0.6 is 0 Å². The van der Waals surface area contributed by atoms with E-state index >= 15 is 0 Å². The molecule has 94 valence electrons. The molecule has 1 heterocycles. The molecule has 0 aliphatic heterocycles. The Labute approximate surface area is 107 Å². The predicted octanol–water partition coefficient (Wildman–Crippen LogP) is 3.31. The molecule has 0 amide bonds. The molecule has 0 bridgehead atoms. The highest BCUT2D eigenvalue weighted by Crippen LogP contribution is 2.24. The van der Waals surface area contributed by atoms with Gasteiger partial charge in [0.25, 0.3) is 0 Å². The molecule has 3 heteroatoms. The van der Waals surface area contributed by atoms with Crippen LogP contribution in [0.1, 0.15) is 18.1 Å². The predicted molar refractivity (Wildman–Crippen MR) is 71.7 cm³/mol. The molecule has 0 radical (unpaired) electrons. The Morgan fingerprint density at radius 1 is 1.22 bits per heavy atom. The third-order valence-electron chi connectivity index (χ3n) is 2.90. The summed E-state index contributed by atoms with van der Waals surface area (Å²) in [5.74, 6) is -0.302. The van der Waals surface area contributed by atoms with Gasteiger partial charge in [0.05, 0.1) is 6.20 Å². The molecule has 0 unspecified atom stereocenters. The second kappa shape index (κ2) is 5.74. The fourth-order valence-corrected chi connectivity index (χ4v) is 1.92. The minimum atomic E-state index is -0.302. The van der Waals surface area contributed by atoms with Crippen LogP contribution in [0.2, 0.25) is 0 Å². The van der Waals surface area contributed by atoms with Crippen LogP contribution in [-0.2, 0) is 6.54 Å². The Morgan fingerprint density at radius 3 is 2.78 bits per heavy atom. The first-order chi connectivity index (χ1) is 8.70. The van der Waals surface area contributed by atoms with Gasteiger partial charge >= 0.3 is 0 Å². The number of aromatic nitrogens is 1. The van der Waals surface area contributed by atoms with Crippen LogP contribution in [0.25, 0.3) is 11.1 Å². The summed E-state index contributed by atoms with van der Waals surface area (Å²) in [6.45, 7) is 5.86. The van der Waals surface area contributed by atoms with Crippen molar-refractivity contribution in [2.75, 3.05) is 6.54 Å². The lowest BCUT2D eigenvalue weighted by molar-refractivity contribution is 0.622. The van der Waals surface area contributed by atoms with E-state index in [1.165, 1.54) is 17.8 Å².